The number of rotatable bonds is 2. The quantitative estimate of drug-likeness (QED) is 0.899. The second-order valence-corrected chi connectivity index (χ2v) is 6.16. The van der Waals surface area contributed by atoms with Gasteiger partial charge in [0.05, 0.1) is 17.8 Å². The molecule has 1 fully saturated rings. The molecule has 0 saturated heterocycles. The molecule has 20 heavy (non-hydrogen) atoms. The van der Waals surface area contributed by atoms with Crippen LogP contribution in [0.25, 0.3) is 0 Å². The Bertz CT molecular complexity index is 550. The largest absolute Gasteiger partial charge is 0.388 e. The van der Waals surface area contributed by atoms with Crippen LogP contribution in [0, 0.1) is 11.3 Å². The molecule has 3 rings (SSSR count). The Labute approximate surface area is 120 Å². The van der Waals surface area contributed by atoms with E-state index in [0.29, 0.717) is 12.8 Å². The molecular formula is C17H21NO2. The molecule has 3 nitrogen and oxygen atoms in total. The first kappa shape index (κ1) is 13.6. The minimum atomic E-state index is -0.965. The monoisotopic (exact) mass is 271 g/mol. The van der Waals surface area contributed by atoms with Crippen molar-refractivity contribution in [2.45, 2.75) is 55.6 Å². The number of benzene rings is 1. The molecular weight excluding hydrogens is 250 g/mol. The molecule has 106 valence electrons. The van der Waals surface area contributed by atoms with E-state index >= 15 is 0 Å². The summed E-state index contributed by atoms with van der Waals surface area (Å²) >= 11 is 0. The lowest BCUT2D eigenvalue weighted by Crippen LogP contribution is -2.53. The van der Waals surface area contributed by atoms with Crippen molar-refractivity contribution in [1.82, 2.24) is 0 Å². The summed E-state index contributed by atoms with van der Waals surface area (Å²) < 4.78 is 5.45. The van der Waals surface area contributed by atoms with E-state index in [1.54, 1.807) is 7.11 Å². The van der Waals surface area contributed by atoms with Crippen LogP contribution >= 0.6 is 0 Å². The number of nitriles is 1. The van der Waals surface area contributed by atoms with Gasteiger partial charge >= 0.3 is 0 Å². The summed E-state index contributed by atoms with van der Waals surface area (Å²) in [6, 6.07) is 10.6. The van der Waals surface area contributed by atoms with Crippen LogP contribution in [0.3, 0.4) is 0 Å². The average Bonchev–Trinajstić information content (AvgIpc) is 2.88. The van der Waals surface area contributed by atoms with E-state index in [1.165, 1.54) is 5.56 Å². The highest BCUT2D eigenvalue weighted by Crippen LogP contribution is 2.51. The van der Waals surface area contributed by atoms with E-state index in [-0.39, 0.29) is 6.10 Å². The summed E-state index contributed by atoms with van der Waals surface area (Å²) in [6.07, 6.45) is 4.80. The highest BCUT2D eigenvalue weighted by Gasteiger charge is 2.56. The number of fused-ring (bicyclic) bond motifs is 1. The number of aryl methyl sites for hydroxylation is 1. The summed E-state index contributed by atoms with van der Waals surface area (Å²) in [4.78, 5) is 0. The van der Waals surface area contributed by atoms with E-state index in [9.17, 15) is 10.4 Å². The Morgan fingerprint density at radius 2 is 2.15 bits per heavy atom. The van der Waals surface area contributed by atoms with Gasteiger partial charge < -0.3 is 9.84 Å². The molecule has 1 aromatic carbocycles. The van der Waals surface area contributed by atoms with Gasteiger partial charge in [-0.25, -0.2) is 0 Å². The van der Waals surface area contributed by atoms with Gasteiger partial charge in [0.15, 0.2) is 0 Å². The van der Waals surface area contributed by atoms with E-state index in [2.05, 4.69) is 12.1 Å². The zero-order valence-corrected chi connectivity index (χ0v) is 11.9. The van der Waals surface area contributed by atoms with Crippen LogP contribution < -0.4 is 0 Å². The van der Waals surface area contributed by atoms with Crippen molar-refractivity contribution in [2.24, 2.45) is 0 Å². The van der Waals surface area contributed by atoms with Crippen molar-refractivity contribution in [1.29, 1.82) is 5.26 Å². The van der Waals surface area contributed by atoms with E-state index < -0.39 is 11.0 Å². The first-order valence-corrected chi connectivity index (χ1v) is 7.40. The minimum absolute atomic E-state index is 0.0618. The third-order valence-electron chi connectivity index (χ3n) is 5.25. The molecule has 0 bridgehead atoms. The maximum atomic E-state index is 11.3. The molecule has 2 aliphatic carbocycles. The normalized spacial score (nSPS) is 36.4. The lowest BCUT2D eigenvalue weighted by molar-refractivity contribution is -0.0931. The predicted octanol–water partition coefficient (Wildman–Crippen LogP) is 2.71. The van der Waals surface area contributed by atoms with Crippen molar-refractivity contribution in [2.75, 3.05) is 7.11 Å². The fourth-order valence-corrected chi connectivity index (χ4v) is 4.11. The van der Waals surface area contributed by atoms with Crippen molar-refractivity contribution in [3.05, 3.63) is 35.4 Å². The summed E-state index contributed by atoms with van der Waals surface area (Å²) in [5.41, 5.74) is 0.511. The third kappa shape index (κ3) is 1.79. The SMILES string of the molecule is COC1CCCC(O)(C2(C#N)CCc3ccccc32)C1. The molecule has 0 radical (unpaired) electrons. The fraction of sp³-hybridized carbons (Fsp3) is 0.588. The Morgan fingerprint density at radius 1 is 1.35 bits per heavy atom. The van der Waals surface area contributed by atoms with Gasteiger partial charge in [0.2, 0.25) is 0 Å². The summed E-state index contributed by atoms with van der Waals surface area (Å²) in [5, 5.41) is 21.2. The Hall–Kier alpha value is -1.37. The van der Waals surface area contributed by atoms with Crippen LogP contribution in [0.4, 0.5) is 0 Å². The van der Waals surface area contributed by atoms with Gasteiger partial charge in [0.25, 0.3) is 0 Å². The molecule has 0 heterocycles. The molecule has 0 amide bonds. The number of hydrogen-bond acceptors (Lipinski definition) is 3. The van der Waals surface area contributed by atoms with Crippen LogP contribution in [0.15, 0.2) is 24.3 Å². The second-order valence-electron chi connectivity index (χ2n) is 6.16. The molecule has 3 unspecified atom stereocenters. The van der Waals surface area contributed by atoms with Crippen LogP contribution in [-0.4, -0.2) is 23.9 Å². The molecule has 1 aromatic rings. The van der Waals surface area contributed by atoms with Crippen molar-refractivity contribution >= 4 is 0 Å². The van der Waals surface area contributed by atoms with Crippen LogP contribution in [0.2, 0.25) is 0 Å². The Morgan fingerprint density at radius 3 is 2.90 bits per heavy atom. The molecule has 3 atom stereocenters. The maximum Gasteiger partial charge on any atom is 0.111 e. The molecule has 3 heteroatoms. The zero-order valence-electron chi connectivity index (χ0n) is 11.9. The van der Waals surface area contributed by atoms with Crippen LogP contribution in [0.1, 0.15) is 43.2 Å². The smallest absolute Gasteiger partial charge is 0.111 e. The fourth-order valence-electron chi connectivity index (χ4n) is 4.11. The van der Waals surface area contributed by atoms with E-state index in [1.807, 2.05) is 18.2 Å². The van der Waals surface area contributed by atoms with Crippen molar-refractivity contribution in [3.63, 3.8) is 0 Å². The third-order valence-corrected chi connectivity index (χ3v) is 5.25. The lowest BCUT2D eigenvalue weighted by atomic mass is 9.62. The number of hydrogen-bond donors (Lipinski definition) is 1. The highest BCUT2D eigenvalue weighted by molar-refractivity contribution is 5.47. The predicted molar refractivity (Wildman–Crippen MR) is 76.3 cm³/mol. The molecule has 1 N–H and O–H groups in total. The molecule has 1 saturated carbocycles. The Kier molecular flexibility index (Phi) is 3.32. The zero-order chi connectivity index (χ0) is 14.2. The summed E-state index contributed by atoms with van der Waals surface area (Å²) in [6.45, 7) is 0. The van der Waals surface area contributed by atoms with Gasteiger partial charge in [-0.15, -0.1) is 0 Å². The van der Waals surface area contributed by atoms with Crippen LogP contribution in [0.5, 0.6) is 0 Å². The first-order chi connectivity index (χ1) is 9.65. The van der Waals surface area contributed by atoms with Gasteiger partial charge in [0, 0.05) is 13.5 Å². The van der Waals surface area contributed by atoms with Gasteiger partial charge in [-0.1, -0.05) is 24.3 Å². The standard InChI is InChI=1S/C17H21NO2/c1-20-14-6-4-9-17(19,11-14)16(12-18)10-8-13-5-2-3-7-15(13)16/h2-3,5,7,14,19H,4,6,8-11H2,1H3. The van der Waals surface area contributed by atoms with Gasteiger partial charge in [-0.2, -0.15) is 5.26 Å². The van der Waals surface area contributed by atoms with Crippen LogP contribution in [-0.2, 0) is 16.6 Å². The molecule has 0 aliphatic heterocycles. The maximum absolute atomic E-state index is 11.3. The Balaban J connectivity index is 2.04. The number of aliphatic hydroxyl groups is 1. The van der Waals surface area contributed by atoms with E-state index in [4.69, 9.17) is 4.74 Å². The number of methoxy groups -OCH3 is 1. The molecule has 0 aromatic heterocycles. The minimum Gasteiger partial charge on any atom is -0.388 e. The average molecular weight is 271 g/mol. The summed E-state index contributed by atoms with van der Waals surface area (Å²) in [7, 11) is 1.69. The highest BCUT2D eigenvalue weighted by atomic mass is 16.5. The van der Waals surface area contributed by atoms with Crippen molar-refractivity contribution in [3.8, 4) is 6.07 Å². The number of ether oxygens (including phenoxy) is 1. The van der Waals surface area contributed by atoms with E-state index in [0.717, 1.165) is 31.2 Å². The molecule has 2 aliphatic rings. The van der Waals surface area contributed by atoms with Crippen molar-refractivity contribution < 1.29 is 9.84 Å². The first-order valence-electron chi connectivity index (χ1n) is 7.40. The lowest BCUT2D eigenvalue weighted by Gasteiger charge is -2.45. The molecule has 0 spiro atoms. The van der Waals surface area contributed by atoms with Gasteiger partial charge in [0.1, 0.15) is 5.41 Å². The van der Waals surface area contributed by atoms with Gasteiger partial charge in [-0.05, 0) is 43.2 Å². The summed E-state index contributed by atoms with van der Waals surface area (Å²) in [5.74, 6) is 0. The number of nitrogens with zero attached hydrogens (tertiary/aromatic N) is 1. The second kappa shape index (κ2) is 4.87. The topological polar surface area (TPSA) is 53.2 Å². The van der Waals surface area contributed by atoms with Gasteiger partial charge in [-0.3, -0.25) is 0 Å².